The molecule has 3 aromatic carbocycles. The summed E-state index contributed by atoms with van der Waals surface area (Å²) in [7, 11) is 0. The summed E-state index contributed by atoms with van der Waals surface area (Å²) in [4.78, 5) is 36.2. The number of halogens is 2. The van der Waals surface area contributed by atoms with Crippen molar-refractivity contribution < 1.29 is 14.5 Å². The van der Waals surface area contributed by atoms with Crippen LogP contribution in [0.5, 0.6) is 0 Å². The van der Waals surface area contributed by atoms with Crippen LogP contribution in [-0.2, 0) is 4.79 Å². The SMILES string of the molecule is Cc1cc(Cl)ccc1NC(=O)C(=Cc1ccc([N+](=O)[O-])cc1)NC(=O)c1ccccc1Br. The summed E-state index contributed by atoms with van der Waals surface area (Å²) in [5, 5.41) is 16.8. The maximum absolute atomic E-state index is 13.0. The van der Waals surface area contributed by atoms with Gasteiger partial charge in [0.2, 0.25) is 0 Å². The molecule has 0 saturated carbocycles. The Morgan fingerprint density at radius 3 is 2.38 bits per heavy atom. The average Bonchev–Trinajstić information content (AvgIpc) is 2.75. The predicted octanol–water partition coefficient (Wildman–Crippen LogP) is 5.73. The zero-order valence-corrected chi connectivity index (χ0v) is 19.1. The molecule has 0 saturated heterocycles. The van der Waals surface area contributed by atoms with Crippen LogP contribution in [0.25, 0.3) is 6.08 Å². The van der Waals surface area contributed by atoms with Crippen LogP contribution in [0.1, 0.15) is 21.5 Å². The number of amides is 2. The highest BCUT2D eigenvalue weighted by Crippen LogP contribution is 2.21. The number of hydrogen-bond donors (Lipinski definition) is 2. The van der Waals surface area contributed by atoms with Crippen LogP contribution < -0.4 is 10.6 Å². The molecule has 0 radical (unpaired) electrons. The molecule has 0 heterocycles. The molecule has 0 fully saturated rings. The Labute approximate surface area is 197 Å². The van der Waals surface area contributed by atoms with E-state index in [1.807, 2.05) is 0 Å². The van der Waals surface area contributed by atoms with Gasteiger partial charge >= 0.3 is 0 Å². The number of nitro benzene ring substituents is 1. The van der Waals surface area contributed by atoms with Gasteiger partial charge in [0.05, 0.1) is 10.5 Å². The van der Waals surface area contributed by atoms with Crippen LogP contribution in [-0.4, -0.2) is 16.7 Å². The van der Waals surface area contributed by atoms with Crippen LogP contribution >= 0.6 is 27.5 Å². The molecule has 2 amide bonds. The van der Waals surface area contributed by atoms with Crippen molar-refractivity contribution in [3.8, 4) is 0 Å². The molecule has 162 valence electrons. The molecule has 32 heavy (non-hydrogen) atoms. The fourth-order valence-corrected chi connectivity index (χ4v) is 3.50. The first-order valence-electron chi connectivity index (χ1n) is 9.34. The van der Waals surface area contributed by atoms with E-state index in [1.165, 1.54) is 30.3 Å². The fraction of sp³-hybridized carbons (Fsp3) is 0.0435. The van der Waals surface area contributed by atoms with Gasteiger partial charge in [-0.2, -0.15) is 0 Å². The fourth-order valence-electron chi connectivity index (χ4n) is 2.81. The van der Waals surface area contributed by atoms with E-state index < -0.39 is 16.7 Å². The van der Waals surface area contributed by atoms with Crippen LogP contribution in [0.4, 0.5) is 11.4 Å². The van der Waals surface area contributed by atoms with E-state index >= 15 is 0 Å². The summed E-state index contributed by atoms with van der Waals surface area (Å²) in [6, 6.07) is 17.4. The first kappa shape index (κ1) is 23.2. The maximum atomic E-state index is 13.0. The Hall–Kier alpha value is -3.49. The van der Waals surface area contributed by atoms with Gasteiger partial charge in [0, 0.05) is 27.3 Å². The van der Waals surface area contributed by atoms with Gasteiger partial charge < -0.3 is 10.6 Å². The summed E-state index contributed by atoms with van der Waals surface area (Å²) in [5.41, 5.74) is 2.01. The number of rotatable bonds is 6. The topological polar surface area (TPSA) is 101 Å². The van der Waals surface area contributed by atoms with Gasteiger partial charge in [-0.25, -0.2) is 0 Å². The Balaban J connectivity index is 1.94. The second-order valence-corrected chi connectivity index (χ2v) is 8.04. The van der Waals surface area contributed by atoms with Gasteiger partial charge in [-0.05, 0) is 82.5 Å². The van der Waals surface area contributed by atoms with E-state index in [0.717, 1.165) is 5.56 Å². The largest absolute Gasteiger partial charge is 0.320 e. The number of nitrogens with one attached hydrogen (secondary N) is 2. The number of anilines is 1. The minimum absolute atomic E-state index is 0.0334. The predicted molar refractivity (Wildman–Crippen MR) is 128 cm³/mol. The number of non-ortho nitro benzene ring substituents is 1. The second-order valence-electron chi connectivity index (χ2n) is 6.75. The second kappa shape index (κ2) is 10.2. The molecule has 0 bridgehead atoms. The molecule has 0 spiro atoms. The maximum Gasteiger partial charge on any atom is 0.272 e. The van der Waals surface area contributed by atoms with Gasteiger partial charge in [0.25, 0.3) is 17.5 Å². The van der Waals surface area contributed by atoms with Crippen molar-refractivity contribution in [2.24, 2.45) is 0 Å². The summed E-state index contributed by atoms with van der Waals surface area (Å²) in [6.07, 6.45) is 1.44. The first-order valence-corrected chi connectivity index (χ1v) is 10.5. The van der Waals surface area contributed by atoms with Gasteiger partial charge in [-0.1, -0.05) is 23.7 Å². The highest BCUT2D eigenvalue weighted by Gasteiger charge is 2.17. The zero-order chi connectivity index (χ0) is 23.3. The third-order valence-electron chi connectivity index (χ3n) is 4.46. The number of nitro groups is 1. The van der Waals surface area contributed by atoms with Crippen molar-refractivity contribution in [1.29, 1.82) is 0 Å². The van der Waals surface area contributed by atoms with Crippen LogP contribution in [0.3, 0.4) is 0 Å². The average molecular weight is 515 g/mol. The Bertz CT molecular complexity index is 1230. The number of hydrogen-bond acceptors (Lipinski definition) is 4. The van der Waals surface area contributed by atoms with Gasteiger partial charge in [-0.3, -0.25) is 19.7 Å². The van der Waals surface area contributed by atoms with Crippen LogP contribution in [0.15, 0.2) is 76.9 Å². The van der Waals surface area contributed by atoms with Crippen molar-refractivity contribution in [1.82, 2.24) is 5.32 Å². The minimum atomic E-state index is -0.561. The summed E-state index contributed by atoms with van der Waals surface area (Å²) in [5.74, 6) is -1.05. The lowest BCUT2D eigenvalue weighted by molar-refractivity contribution is -0.384. The highest BCUT2D eigenvalue weighted by molar-refractivity contribution is 9.10. The van der Waals surface area contributed by atoms with Gasteiger partial charge in [-0.15, -0.1) is 0 Å². The van der Waals surface area contributed by atoms with E-state index in [1.54, 1.807) is 49.4 Å². The third kappa shape index (κ3) is 5.81. The highest BCUT2D eigenvalue weighted by atomic mass is 79.9. The van der Waals surface area contributed by atoms with E-state index in [0.29, 0.717) is 26.3 Å². The molecule has 0 aliphatic carbocycles. The molecule has 3 aromatic rings. The standard InChI is InChI=1S/C23H17BrClN3O4/c1-14-12-16(25)8-11-20(14)26-23(30)21(13-15-6-9-17(10-7-15)28(31)32)27-22(29)18-4-2-3-5-19(18)24/h2-13H,1H3,(H,26,30)(H,27,29). The van der Waals surface area contributed by atoms with Gasteiger partial charge in [0.15, 0.2) is 0 Å². The lowest BCUT2D eigenvalue weighted by atomic mass is 10.1. The molecular weight excluding hydrogens is 498 g/mol. The summed E-state index contributed by atoms with van der Waals surface area (Å²) >= 11 is 9.30. The quantitative estimate of drug-likeness (QED) is 0.249. The Morgan fingerprint density at radius 1 is 1.06 bits per heavy atom. The lowest BCUT2D eigenvalue weighted by Gasteiger charge is -2.13. The molecule has 7 nitrogen and oxygen atoms in total. The molecule has 0 unspecified atom stereocenters. The van der Waals surface area contributed by atoms with E-state index in [4.69, 9.17) is 11.6 Å². The van der Waals surface area contributed by atoms with Crippen LogP contribution in [0.2, 0.25) is 5.02 Å². The Kier molecular flexibility index (Phi) is 7.40. The number of nitrogens with zero attached hydrogens (tertiary/aromatic N) is 1. The lowest BCUT2D eigenvalue weighted by Crippen LogP contribution is -2.31. The van der Waals surface area contributed by atoms with Crippen molar-refractivity contribution in [3.63, 3.8) is 0 Å². The summed E-state index contributed by atoms with van der Waals surface area (Å²) in [6.45, 7) is 1.79. The van der Waals surface area contributed by atoms with E-state index in [2.05, 4.69) is 26.6 Å². The molecule has 0 aliphatic rings. The van der Waals surface area contributed by atoms with E-state index in [-0.39, 0.29) is 11.4 Å². The van der Waals surface area contributed by atoms with Crippen LogP contribution in [0, 0.1) is 17.0 Å². The minimum Gasteiger partial charge on any atom is -0.320 e. The zero-order valence-electron chi connectivity index (χ0n) is 16.8. The molecule has 3 rings (SSSR count). The first-order chi connectivity index (χ1) is 15.2. The van der Waals surface area contributed by atoms with Crippen molar-refractivity contribution >= 4 is 56.8 Å². The van der Waals surface area contributed by atoms with Crippen molar-refractivity contribution in [2.45, 2.75) is 6.92 Å². The Morgan fingerprint density at radius 2 is 1.75 bits per heavy atom. The molecule has 9 heteroatoms. The van der Waals surface area contributed by atoms with Crippen molar-refractivity contribution in [3.05, 3.63) is 109 Å². The molecule has 2 N–H and O–H groups in total. The monoisotopic (exact) mass is 513 g/mol. The molecule has 0 aromatic heterocycles. The van der Waals surface area contributed by atoms with E-state index in [9.17, 15) is 19.7 Å². The van der Waals surface area contributed by atoms with Crippen molar-refractivity contribution in [2.75, 3.05) is 5.32 Å². The molecular formula is C23H17BrClN3O4. The third-order valence-corrected chi connectivity index (χ3v) is 5.39. The molecule has 0 atom stereocenters. The number of aryl methyl sites for hydroxylation is 1. The number of carbonyl (C=O) groups is 2. The smallest absolute Gasteiger partial charge is 0.272 e. The normalized spacial score (nSPS) is 11.0. The summed E-state index contributed by atoms with van der Waals surface area (Å²) < 4.78 is 0.570. The van der Waals surface area contributed by atoms with Gasteiger partial charge in [0.1, 0.15) is 5.70 Å². The number of benzene rings is 3. The number of carbonyl (C=O) groups excluding carboxylic acids is 2. The molecule has 0 aliphatic heterocycles.